The van der Waals surface area contributed by atoms with Gasteiger partial charge in [0.15, 0.2) is 0 Å². The number of hydrogen-bond acceptors (Lipinski definition) is 2. The normalized spacial score (nSPS) is 10.6. The molecule has 0 unspecified atom stereocenters. The van der Waals surface area contributed by atoms with Gasteiger partial charge in [-0.25, -0.2) is 0 Å². The zero-order chi connectivity index (χ0) is 13.8. The third-order valence-corrected chi connectivity index (χ3v) is 3.35. The van der Waals surface area contributed by atoms with Gasteiger partial charge in [-0.1, -0.05) is 38.1 Å². The van der Waals surface area contributed by atoms with Crippen molar-refractivity contribution in [3.63, 3.8) is 0 Å². The molecule has 0 aromatic heterocycles. The predicted molar refractivity (Wildman–Crippen MR) is 84.5 cm³/mol. The molecule has 2 nitrogen and oxygen atoms in total. The number of benzene rings is 2. The number of rotatable bonds is 4. The lowest BCUT2D eigenvalue weighted by molar-refractivity contribution is 0.867. The van der Waals surface area contributed by atoms with Crippen molar-refractivity contribution < 1.29 is 0 Å². The molecule has 2 rings (SSSR count). The van der Waals surface area contributed by atoms with Crippen molar-refractivity contribution in [2.75, 3.05) is 17.7 Å². The fourth-order valence-electron chi connectivity index (χ4n) is 2.24. The first kappa shape index (κ1) is 13.5. The number of aryl methyl sites for hydroxylation is 1. The summed E-state index contributed by atoms with van der Waals surface area (Å²) in [4.78, 5) is 0. The van der Waals surface area contributed by atoms with Crippen molar-refractivity contribution >= 4 is 17.1 Å². The molecule has 2 aromatic rings. The van der Waals surface area contributed by atoms with Crippen LogP contribution in [0.2, 0.25) is 0 Å². The maximum absolute atomic E-state index is 3.56. The Labute approximate surface area is 115 Å². The Kier molecular flexibility index (Phi) is 4.10. The van der Waals surface area contributed by atoms with Gasteiger partial charge in [-0.05, 0) is 42.2 Å². The molecule has 100 valence electrons. The zero-order valence-corrected chi connectivity index (χ0v) is 12.1. The summed E-state index contributed by atoms with van der Waals surface area (Å²) in [5.41, 5.74) is 6.09. The Morgan fingerprint density at radius 3 is 2.32 bits per heavy atom. The van der Waals surface area contributed by atoms with Crippen LogP contribution in [0.3, 0.4) is 0 Å². The molecular weight excluding hydrogens is 232 g/mol. The van der Waals surface area contributed by atoms with Gasteiger partial charge in [0.1, 0.15) is 0 Å². The minimum absolute atomic E-state index is 0.509. The molecule has 0 aliphatic carbocycles. The van der Waals surface area contributed by atoms with Crippen molar-refractivity contribution in [2.45, 2.75) is 26.7 Å². The van der Waals surface area contributed by atoms with Crippen LogP contribution in [-0.4, -0.2) is 7.05 Å². The molecule has 0 atom stereocenters. The lowest BCUT2D eigenvalue weighted by Crippen LogP contribution is -2.00. The summed E-state index contributed by atoms with van der Waals surface area (Å²) in [6.07, 6.45) is 0. The maximum atomic E-state index is 3.56. The number of hydrogen-bond donors (Lipinski definition) is 2. The standard InChI is InChI=1S/C17H22N2/c1-12(2)16-10-5-7-13(3)17(16)19-15-9-6-8-14(11-15)18-4/h5-12,18-19H,1-4H3. The van der Waals surface area contributed by atoms with Crippen LogP contribution in [0.25, 0.3) is 0 Å². The molecule has 0 radical (unpaired) electrons. The lowest BCUT2D eigenvalue weighted by Gasteiger charge is -2.17. The second-order valence-corrected chi connectivity index (χ2v) is 5.15. The van der Waals surface area contributed by atoms with Crippen molar-refractivity contribution in [1.29, 1.82) is 0 Å². The lowest BCUT2D eigenvalue weighted by atomic mass is 9.98. The van der Waals surface area contributed by atoms with E-state index in [1.165, 1.54) is 16.8 Å². The Hall–Kier alpha value is -1.96. The van der Waals surface area contributed by atoms with E-state index in [9.17, 15) is 0 Å². The quantitative estimate of drug-likeness (QED) is 0.810. The highest BCUT2D eigenvalue weighted by molar-refractivity contribution is 5.69. The molecule has 0 aliphatic rings. The van der Waals surface area contributed by atoms with Crippen LogP contribution in [-0.2, 0) is 0 Å². The number of para-hydroxylation sites is 1. The first-order chi connectivity index (χ1) is 9.11. The third-order valence-electron chi connectivity index (χ3n) is 3.35. The Bertz CT molecular complexity index is 559. The van der Waals surface area contributed by atoms with Gasteiger partial charge in [0, 0.05) is 24.1 Å². The van der Waals surface area contributed by atoms with Crippen LogP contribution < -0.4 is 10.6 Å². The molecule has 0 spiro atoms. The van der Waals surface area contributed by atoms with E-state index in [0.29, 0.717) is 5.92 Å². The number of nitrogens with one attached hydrogen (secondary N) is 2. The molecular formula is C17H22N2. The first-order valence-electron chi connectivity index (χ1n) is 6.76. The Morgan fingerprint density at radius 1 is 0.947 bits per heavy atom. The van der Waals surface area contributed by atoms with Crippen molar-refractivity contribution in [1.82, 2.24) is 0 Å². The van der Waals surface area contributed by atoms with Crippen molar-refractivity contribution in [3.05, 3.63) is 53.6 Å². The highest BCUT2D eigenvalue weighted by Crippen LogP contribution is 2.30. The summed E-state index contributed by atoms with van der Waals surface area (Å²) < 4.78 is 0. The van der Waals surface area contributed by atoms with E-state index in [-0.39, 0.29) is 0 Å². The fourth-order valence-corrected chi connectivity index (χ4v) is 2.24. The average molecular weight is 254 g/mol. The maximum Gasteiger partial charge on any atom is 0.0449 e. The number of anilines is 3. The molecule has 0 amide bonds. The van der Waals surface area contributed by atoms with Crippen LogP contribution >= 0.6 is 0 Å². The topological polar surface area (TPSA) is 24.1 Å². The SMILES string of the molecule is CNc1cccc(Nc2c(C)cccc2C(C)C)c1. The highest BCUT2D eigenvalue weighted by atomic mass is 14.9. The molecule has 2 N–H and O–H groups in total. The molecule has 0 bridgehead atoms. The van der Waals surface area contributed by atoms with Crippen LogP contribution in [0.4, 0.5) is 17.1 Å². The second kappa shape index (κ2) is 5.79. The van der Waals surface area contributed by atoms with Crippen LogP contribution in [0.15, 0.2) is 42.5 Å². The minimum Gasteiger partial charge on any atom is -0.388 e. The summed E-state index contributed by atoms with van der Waals surface area (Å²) in [7, 11) is 1.94. The minimum atomic E-state index is 0.509. The van der Waals surface area contributed by atoms with Gasteiger partial charge in [0.2, 0.25) is 0 Å². The van der Waals surface area contributed by atoms with Gasteiger partial charge in [-0.3, -0.25) is 0 Å². The molecule has 0 fully saturated rings. The van der Waals surface area contributed by atoms with E-state index >= 15 is 0 Å². The van der Waals surface area contributed by atoms with Crippen molar-refractivity contribution in [3.8, 4) is 0 Å². The highest BCUT2D eigenvalue weighted by Gasteiger charge is 2.09. The molecule has 0 aliphatic heterocycles. The van der Waals surface area contributed by atoms with Gasteiger partial charge in [0.25, 0.3) is 0 Å². The van der Waals surface area contributed by atoms with Crippen LogP contribution in [0, 0.1) is 6.92 Å². The third kappa shape index (κ3) is 3.08. The average Bonchev–Trinajstić information content (AvgIpc) is 2.41. The molecule has 0 saturated carbocycles. The molecule has 0 saturated heterocycles. The van der Waals surface area contributed by atoms with E-state index in [1.807, 2.05) is 7.05 Å². The van der Waals surface area contributed by atoms with Crippen LogP contribution in [0.1, 0.15) is 30.9 Å². The monoisotopic (exact) mass is 254 g/mol. The second-order valence-electron chi connectivity index (χ2n) is 5.15. The summed E-state index contributed by atoms with van der Waals surface area (Å²) >= 11 is 0. The summed E-state index contributed by atoms with van der Waals surface area (Å²) in [5, 5.41) is 6.72. The fraction of sp³-hybridized carbons (Fsp3) is 0.294. The van der Waals surface area contributed by atoms with Gasteiger partial charge in [-0.2, -0.15) is 0 Å². The van der Waals surface area contributed by atoms with Crippen molar-refractivity contribution in [2.24, 2.45) is 0 Å². The molecule has 2 heteroatoms. The largest absolute Gasteiger partial charge is 0.388 e. The smallest absolute Gasteiger partial charge is 0.0449 e. The first-order valence-corrected chi connectivity index (χ1v) is 6.76. The van der Waals surface area contributed by atoms with E-state index in [2.05, 4.69) is 73.9 Å². The van der Waals surface area contributed by atoms with E-state index < -0.39 is 0 Å². The Balaban J connectivity index is 2.37. The van der Waals surface area contributed by atoms with E-state index in [1.54, 1.807) is 0 Å². The molecule has 2 aromatic carbocycles. The predicted octanol–water partition coefficient (Wildman–Crippen LogP) is 4.90. The van der Waals surface area contributed by atoms with E-state index in [0.717, 1.165) is 11.4 Å². The van der Waals surface area contributed by atoms with Gasteiger partial charge >= 0.3 is 0 Å². The Morgan fingerprint density at radius 2 is 1.63 bits per heavy atom. The summed E-state index contributed by atoms with van der Waals surface area (Å²) in [6, 6.07) is 14.8. The zero-order valence-electron chi connectivity index (χ0n) is 12.1. The van der Waals surface area contributed by atoms with Gasteiger partial charge in [-0.15, -0.1) is 0 Å². The van der Waals surface area contributed by atoms with Gasteiger partial charge < -0.3 is 10.6 Å². The molecule has 19 heavy (non-hydrogen) atoms. The van der Waals surface area contributed by atoms with E-state index in [4.69, 9.17) is 0 Å². The molecule has 0 heterocycles. The summed E-state index contributed by atoms with van der Waals surface area (Å²) in [5.74, 6) is 0.509. The van der Waals surface area contributed by atoms with Gasteiger partial charge in [0.05, 0.1) is 0 Å². The summed E-state index contributed by atoms with van der Waals surface area (Å²) in [6.45, 7) is 6.60. The van der Waals surface area contributed by atoms with Crippen LogP contribution in [0.5, 0.6) is 0 Å².